The lowest BCUT2D eigenvalue weighted by Crippen LogP contribution is -2.27. The van der Waals surface area contributed by atoms with Crippen molar-refractivity contribution in [2.24, 2.45) is 5.92 Å². The smallest absolute Gasteiger partial charge is 0.290 e. The first-order chi connectivity index (χ1) is 12.1. The molecule has 0 radical (unpaired) electrons. The zero-order valence-electron chi connectivity index (χ0n) is 15.2. The molecule has 1 aliphatic heterocycles. The maximum atomic E-state index is 12.4. The first-order valence-corrected chi connectivity index (χ1v) is 9.08. The topological polar surface area (TPSA) is 71.8 Å². The van der Waals surface area contributed by atoms with Crippen LogP contribution in [-0.4, -0.2) is 40.3 Å². The standard InChI is InChI=1S/C19H27N5O/c1-13(2)16-6-4-5-7-17(16)24-14(3)22-18(23-24)19(25)21-11-9-15-8-10-20-12-15/h4-7,13,15,20H,8-12H2,1-3H3,(H,21,25). The van der Waals surface area contributed by atoms with Crippen LogP contribution in [0.1, 0.15) is 54.6 Å². The van der Waals surface area contributed by atoms with Crippen molar-refractivity contribution in [1.82, 2.24) is 25.4 Å². The van der Waals surface area contributed by atoms with E-state index in [0.29, 0.717) is 18.4 Å². The highest BCUT2D eigenvalue weighted by molar-refractivity contribution is 5.90. The predicted octanol–water partition coefficient (Wildman–Crippen LogP) is 2.43. The van der Waals surface area contributed by atoms with Crippen LogP contribution in [0.4, 0.5) is 0 Å². The number of para-hydroxylation sites is 1. The summed E-state index contributed by atoms with van der Waals surface area (Å²) in [5.41, 5.74) is 2.18. The number of carbonyl (C=O) groups excluding carboxylic acids is 1. The van der Waals surface area contributed by atoms with Crippen LogP contribution < -0.4 is 10.6 Å². The van der Waals surface area contributed by atoms with E-state index < -0.39 is 0 Å². The Kier molecular flexibility index (Phi) is 5.48. The highest BCUT2D eigenvalue weighted by Crippen LogP contribution is 2.23. The molecule has 2 N–H and O–H groups in total. The fourth-order valence-corrected chi connectivity index (χ4v) is 3.31. The van der Waals surface area contributed by atoms with Gasteiger partial charge < -0.3 is 10.6 Å². The van der Waals surface area contributed by atoms with Gasteiger partial charge in [-0.05, 0) is 56.3 Å². The van der Waals surface area contributed by atoms with Gasteiger partial charge in [0.1, 0.15) is 5.82 Å². The van der Waals surface area contributed by atoms with Gasteiger partial charge in [-0.15, -0.1) is 5.10 Å². The molecule has 2 aromatic rings. The molecule has 0 aliphatic carbocycles. The van der Waals surface area contributed by atoms with Crippen molar-refractivity contribution < 1.29 is 4.79 Å². The summed E-state index contributed by atoms with van der Waals surface area (Å²) < 4.78 is 1.77. The van der Waals surface area contributed by atoms with E-state index in [0.717, 1.165) is 31.0 Å². The minimum absolute atomic E-state index is 0.199. The number of aromatic nitrogens is 3. The summed E-state index contributed by atoms with van der Waals surface area (Å²) in [4.78, 5) is 16.7. The lowest BCUT2D eigenvalue weighted by molar-refractivity contribution is 0.0941. The van der Waals surface area contributed by atoms with Gasteiger partial charge in [0.25, 0.3) is 5.91 Å². The molecule has 1 aliphatic rings. The lowest BCUT2D eigenvalue weighted by atomic mass is 10.0. The molecule has 1 amide bonds. The van der Waals surface area contributed by atoms with Crippen molar-refractivity contribution in [1.29, 1.82) is 0 Å². The van der Waals surface area contributed by atoms with Crippen molar-refractivity contribution in [2.75, 3.05) is 19.6 Å². The summed E-state index contributed by atoms with van der Waals surface area (Å²) in [6.45, 7) is 8.98. The molecule has 1 aromatic heterocycles. The minimum Gasteiger partial charge on any atom is -0.349 e. The largest absolute Gasteiger partial charge is 0.349 e. The average Bonchev–Trinajstić information content (AvgIpc) is 3.24. The Morgan fingerprint density at radius 2 is 2.20 bits per heavy atom. The Morgan fingerprint density at radius 3 is 2.92 bits per heavy atom. The van der Waals surface area contributed by atoms with Gasteiger partial charge >= 0.3 is 0 Å². The summed E-state index contributed by atoms with van der Waals surface area (Å²) in [5, 5.41) is 10.7. The molecule has 1 aromatic carbocycles. The van der Waals surface area contributed by atoms with Gasteiger partial charge in [-0.3, -0.25) is 4.79 Å². The molecule has 6 nitrogen and oxygen atoms in total. The molecule has 2 heterocycles. The third kappa shape index (κ3) is 4.07. The van der Waals surface area contributed by atoms with Crippen LogP contribution in [0.3, 0.4) is 0 Å². The molecule has 1 fully saturated rings. The van der Waals surface area contributed by atoms with Gasteiger partial charge in [0.15, 0.2) is 0 Å². The van der Waals surface area contributed by atoms with Crippen LogP contribution >= 0.6 is 0 Å². The lowest BCUT2D eigenvalue weighted by Gasteiger charge is -2.12. The fraction of sp³-hybridized carbons (Fsp3) is 0.526. The zero-order chi connectivity index (χ0) is 17.8. The van der Waals surface area contributed by atoms with Gasteiger partial charge in [0.05, 0.1) is 5.69 Å². The summed E-state index contributed by atoms with van der Waals surface area (Å²) >= 11 is 0. The molecule has 0 spiro atoms. The average molecular weight is 341 g/mol. The molecular formula is C19H27N5O. The van der Waals surface area contributed by atoms with Crippen molar-refractivity contribution in [3.05, 3.63) is 41.5 Å². The van der Waals surface area contributed by atoms with E-state index >= 15 is 0 Å². The van der Waals surface area contributed by atoms with E-state index in [1.165, 1.54) is 12.0 Å². The van der Waals surface area contributed by atoms with Crippen molar-refractivity contribution in [3.8, 4) is 5.69 Å². The van der Waals surface area contributed by atoms with Crippen molar-refractivity contribution in [2.45, 2.75) is 39.5 Å². The van der Waals surface area contributed by atoms with Gasteiger partial charge in [0.2, 0.25) is 5.82 Å². The number of hydrogen-bond donors (Lipinski definition) is 2. The van der Waals surface area contributed by atoms with Gasteiger partial charge in [-0.25, -0.2) is 9.67 Å². The van der Waals surface area contributed by atoms with Crippen molar-refractivity contribution in [3.63, 3.8) is 0 Å². The van der Waals surface area contributed by atoms with Crippen LogP contribution in [0.2, 0.25) is 0 Å². The summed E-state index contributed by atoms with van der Waals surface area (Å²) in [7, 11) is 0. The molecule has 0 bridgehead atoms. The number of aryl methyl sites for hydroxylation is 1. The summed E-state index contributed by atoms with van der Waals surface area (Å²) in [6.07, 6.45) is 2.18. The van der Waals surface area contributed by atoms with E-state index in [1.54, 1.807) is 4.68 Å². The number of carbonyl (C=O) groups is 1. The van der Waals surface area contributed by atoms with E-state index in [4.69, 9.17) is 0 Å². The maximum Gasteiger partial charge on any atom is 0.290 e. The SMILES string of the molecule is Cc1nc(C(=O)NCCC2CCNC2)nn1-c1ccccc1C(C)C. The van der Waals surface area contributed by atoms with Crippen LogP contribution in [0.15, 0.2) is 24.3 Å². The fourth-order valence-electron chi connectivity index (χ4n) is 3.31. The van der Waals surface area contributed by atoms with Gasteiger partial charge in [-0.1, -0.05) is 32.0 Å². The van der Waals surface area contributed by atoms with Crippen LogP contribution in [0.25, 0.3) is 5.69 Å². The Hall–Kier alpha value is -2.21. The molecule has 3 rings (SSSR count). The summed E-state index contributed by atoms with van der Waals surface area (Å²) in [6, 6.07) is 8.12. The Bertz CT molecular complexity index is 731. The third-order valence-electron chi connectivity index (χ3n) is 4.76. The first-order valence-electron chi connectivity index (χ1n) is 9.08. The second-order valence-corrected chi connectivity index (χ2v) is 7.01. The maximum absolute atomic E-state index is 12.4. The molecule has 1 atom stereocenters. The van der Waals surface area contributed by atoms with Crippen LogP contribution in [0, 0.1) is 12.8 Å². The normalized spacial score (nSPS) is 17.2. The number of benzene rings is 1. The Balaban J connectivity index is 1.70. The number of rotatable bonds is 6. The molecular weight excluding hydrogens is 314 g/mol. The highest BCUT2D eigenvalue weighted by atomic mass is 16.2. The third-order valence-corrected chi connectivity index (χ3v) is 4.76. The molecule has 0 saturated carbocycles. The van der Waals surface area contributed by atoms with E-state index in [1.807, 2.05) is 25.1 Å². The van der Waals surface area contributed by atoms with Gasteiger partial charge in [0, 0.05) is 6.54 Å². The zero-order valence-corrected chi connectivity index (χ0v) is 15.2. The van der Waals surface area contributed by atoms with Crippen LogP contribution in [-0.2, 0) is 0 Å². The number of hydrogen-bond acceptors (Lipinski definition) is 4. The molecule has 25 heavy (non-hydrogen) atoms. The minimum atomic E-state index is -0.199. The van der Waals surface area contributed by atoms with Crippen molar-refractivity contribution >= 4 is 5.91 Å². The Morgan fingerprint density at radius 1 is 1.40 bits per heavy atom. The molecule has 1 unspecified atom stereocenters. The second-order valence-electron chi connectivity index (χ2n) is 7.01. The number of amides is 1. The van der Waals surface area contributed by atoms with E-state index in [9.17, 15) is 4.79 Å². The molecule has 134 valence electrons. The molecule has 6 heteroatoms. The summed E-state index contributed by atoms with van der Waals surface area (Å²) in [5.74, 6) is 1.79. The Labute approximate surface area is 149 Å². The number of nitrogens with zero attached hydrogens (tertiary/aromatic N) is 3. The predicted molar refractivity (Wildman–Crippen MR) is 98.1 cm³/mol. The van der Waals surface area contributed by atoms with Gasteiger partial charge in [-0.2, -0.15) is 0 Å². The highest BCUT2D eigenvalue weighted by Gasteiger charge is 2.18. The first kappa shape index (κ1) is 17.6. The van der Waals surface area contributed by atoms with Crippen LogP contribution in [0.5, 0.6) is 0 Å². The van der Waals surface area contributed by atoms with E-state index in [2.05, 4.69) is 40.6 Å². The second kappa shape index (κ2) is 7.78. The number of nitrogens with one attached hydrogen (secondary N) is 2. The molecule has 1 saturated heterocycles. The monoisotopic (exact) mass is 341 g/mol. The quantitative estimate of drug-likeness (QED) is 0.846. The van der Waals surface area contributed by atoms with E-state index in [-0.39, 0.29) is 11.7 Å².